The molecule has 1 aliphatic rings. The van der Waals surface area contributed by atoms with Crippen molar-refractivity contribution in [3.63, 3.8) is 0 Å². The number of hydrogen-bond acceptors (Lipinski definition) is 0. The molecule has 0 unspecified atom stereocenters. The summed E-state index contributed by atoms with van der Waals surface area (Å²) >= 11 is 0. The van der Waals surface area contributed by atoms with Gasteiger partial charge in [-0.25, -0.2) is 0 Å². The lowest BCUT2D eigenvalue weighted by atomic mass is 10.2. The van der Waals surface area contributed by atoms with Gasteiger partial charge in [-0.15, -0.1) is 0 Å². The predicted molar refractivity (Wildman–Crippen MR) is 42.1 cm³/mol. The molecule has 1 fully saturated rings. The van der Waals surface area contributed by atoms with Crippen molar-refractivity contribution in [2.24, 2.45) is 0 Å². The predicted octanol–water partition coefficient (Wildman–Crippen LogP) is 2.11. The molecule has 0 aromatic heterocycles. The highest BCUT2D eigenvalue weighted by Crippen LogP contribution is 2.45. The fourth-order valence-electron chi connectivity index (χ4n) is 2.00. The summed E-state index contributed by atoms with van der Waals surface area (Å²) < 4.78 is 0. The van der Waals surface area contributed by atoms with E-state index in [9.17, 15) is 0 Å². The molecule has 1 aliphatic heterocycles. The normalized spacial score (nSPS) is 31.5. The lowest BCUT2D eigenvalue weighted by molar-refractivity contribution is 0.719. The third kappa shape index (κ3) is 1.23. The van der Waals surface area contributed by atoms with E-state index in [1.165, 1.54) is 9.04 Å². The van der Waals surface area contributed by atoms with Crippen molar-refractivity contribution >= 4 is 16.6 Å². The van der Waals surface area contributed by atoms with Crippen molar-refractivity contribution in [2.45, 2.75) is 38.0 Å². The van der Waals surface area contributed by atoms with Gasteiger partial charge in [0.15, 0.2) is 0 Å². The van der Waals surface area contributed by atoms with Crippen LogP contribution in [0.2, 0.25) is 24.2 Å². The Balaban J connectivity index is 2.42. The molecule has 8 heavy (non-hydrogen) atoms. The van der Waals surface area contributed by atoms with Gasteiger partial charge in [-0.05, 0) is 5.04 Å². The van der Waals surface area contributed by atoms with Gasteiger partial charge in [-0.2, -0.15) is 0 Å². The molecule has 46 valence electrons. The van der Waals surface area contributed by atoms with Crippen LogP contribution in [0.1, 0.15) is 13.8 Å². The van der Waals surface area contributed by atoms with Gasteiger partial charge < -0.3 is 0 Å². The molecule has 0 N–H and O–H groups in total. The standard InChI is InChI=1S/C6H14Si2/c1-6(2)5-8(3,4)7-6/h5H2,1-4H3. The maximum absolute atomic E-state index is 2.50. The molecule has 0 nitrogen and oxygen atoms in total. The van der Waals surface area contributed by atoms with Crippen LogP contribution in [0, 0.1) is 0 Å². The summed E-state index contributed by atoms with van der Waals surface area (Å²) in [5, 5.41) is 0.746. The van der Waals surface area contributed by atoms with E-state index in [2.05, 4.69) is 26.9 Å². The molecule has 0 bridgehead atoms. The van der Waals surface area contributed by atoms with Gasteiger partial charge in [0.25, 0.3) is 0 Å². The third-order valence-corrected chi connectivity index (χ3v) is 9.80. The Bertz CT molecular complexity index is 83.1. The minimum absolute atomic E-state index is 0.558. The molecule has 1 saturated heterocycles. The summed E-state index contributed by atoms with van der Waals surface area (Å²) in [6, 6.07) is 1.55. The number of rotatable bonds is 0. The first-order valence-electron chi connectivity index (χ1n) is 3.21. The van der Waals surface area contributed by atoms with Crippen molar-refractivity contribution in [3.05, 3.63) is 0 Å². The third-order valence-electron chi connectivity index (χ3n) is 1.56. The van der Waals surface area contributed by atoms with E-state index in [4.69, 9.17) is 0 Å². The van der Waals surface area contributed by atoms with Crippen LogP contribution in [-0.2, 0) is 0 Å². The second kappa shape index (κ2) is 1.48. The van der Waals surface area contributed by atoms with Gasteiger partial charge in [0, 0.05) is 16.6 Å². The Morgan fingerprint density at radius 3 is 1.75 bits per heavy atom. The van der Waals surface area contributed by atoms with E-state index in [-0.39, 0.29) is 0 Å². The summed E-state index contributed by atoms with van der Waals surface area (Å²) in [5.41, 5.74) is 0. The quantitative estimate of drug-likeness (QED) is 0.454. The molecule has 0 aromatic carbocycles. The molecule has 0 spiro atoms. The van der Waals surface area contributed by atoms with Crippen LogP contribution in [0.25, 0.3) is 0 Å². The monoisotopic (exact) mass is 142 g/mol. The SMILES string of the molecule is CC1(C)C[Si](C)(C)[Si]1. The largest absolute Gasteiger partial charge is 0.0717 e. The van der Waals surface area contributed by atoms with Crippen LogP contribution in [-0.4, -0.2) is 16.6 Å². The van der Waals surface area contributed by atoms with Crippen LogP contribution in [0.4, 0.5) is 0 Å². The molecule has 0 aliphatic carbocycles. The Kier molecular flexibility index (Phi) is 1.21. The minimum atomic E-state index is -0.558. The zero-order chi connectivity index (χ0) is 6.41. The minimum Gasteiger partial charge on any atom is -0.0717 e. The van der Waals surface area contributed by atoms with E-state index in [1.807, 2.05) is 0 Å². The molecule has 2 radical (unpaired) electrons. The van der Waals surface area contributed by atoms with Crippen LogP contribution >= 0.6 is 0 Å². The highest BCUT2D eigenvalue weighted by molar-refractivity contribution is 7.29. The van der Waals surface area contributed by atoms with Crippen LogP contribution in [0.15, 0.2) is 0 Å². The van der Waals surface area contributed by atoms with Gasteiger partial charge in [0.05, 0.1) is 0 Å². The Hall–Kier alpha value is 0.434. The smallest absolute Gasteiger partial charge is 0.0366 e. The van der Waals surface area contributed by atoms with E-state index >= 15 is 0 Å². The molecule has 0 aromatic rings. The molecule has 2 heteroatoms. The molecule has 0 saturated carbocycles. The lowest BCUT2D eigenvalue weighted by Gasteiger charge is -2.47. The van der Waals surface area contributed by atoms with Gasteiger partial charge in [0.2, 0.25) is 0 Å². The van der Waals surface area contributed by atoms with Crippen LogP contribution < -0.4 is 0 Å². The summed E-state index contributed by atoms with van der Waals surface area (Å²) in [4.78, 5) is 0. The zero-order valence-corrected chi connectivity index (χ0v) is 8.21. The van der Waals surface area contributed by atoms with Crippen molar-refractivity contribution in [3.8, 4) is 0 Å². The maximum Gasteiger partial charge on any atom is 0.0366 e. The van der Waals surface area contributed by atoms with Crippen molar-refractivity contribution in [1.82, 2.24) is 0 Å². The molecule has 0 amide bonds. The summed E-state index contributed by atoms with van der Waals surface area (Å²) in [5.74, 6) is 0. The fraction of sp³-hybridized carbons (Fsp3) is 1.00. The van der Waals surface area contributed by atoms with E-state index in [0.29, 0.717) is 0 Å². The Morgan fingerprint density at radius 2 is 1.75 bits per heavy atom. The highest BCUT2D eigenvalue weighted by Gasteiger charge is 2.44. The highest BCUT2D eigenvalue weighted by atomic mass is 29.2. The Morgan fingerprint density at radius 1 is 1.38 bits per heavy atom. The van der Waals surface area contributed by atoms with Crippen molar-refractivity contribution in [2.75, 3.05) is 0 Å². The van der Waals surface area contributed by atoms with Crippen molar-refractivity contribution < 1.29 is 0 Å². The molecule has 1 heterocycles. The topological polar surface area (TPSA) is 0 Å². The van der Waals surface area contributed by atoms with E-state index in [1.54, 1.807) is 6.04 Å². The van der Waals surface area contributed by atoms with Gasteiger partial charge in [-0.3, -0.25) is 0 Å². The first kappa shape index (κ1) is 6.55. The zero-order valence-electron chi connectivity index (χ0n) is 6.21. The fourth-order valence-corrected chi connectivity index (χ4v) is 13.8. The molecular formula is C6H14Si2. The summed E-state index contributed by atoms with van der Waals surface area (Å²) in [6.07, 6.45) is 0. The van der Waals surface area contributed by atoms with Crippen molar-refractivity contribution in [1.29, 1.82) is 0 Å². The van der Waals surface area contributed by atoms with E-state index < -0.39 is 7.59 Å². The van der Waals surface area contributed by atoms with Crippen LogP contribution in [0.3, 0.4) is 0 Å². The van der Waals surface area contributed by atoms with E-state index in [0.717, 1.165) is 5.04 Å². The van der Waals surface area contributed by atoms with Crippen LogP contribution in [0.5, 0.6) is 0 Å². The van der Waals surface area contributed by atoms with Gasteiger partial charge in [-0.1, -0.05) is 33.0 Å². The average molecular weight is 142 g/mol. The first-order valence-corrected chi connectivity index (χ1v) is 8.41. The second-order valence-corrected chi connectivity index (χ2v) is 14.6. The molecule has 1 rings (SSSR count). The second-order valence-electron chi connectivity index (χ2n) is 4.07. The number of hydrogen-bond donors (Lipinski definition) is 0. The molecular weight excluding hydrogens is 128 g/mol. The summed E-state index contributed by atoms with van der Waals surface area (Å²) in [6.45, 7) is 9.78. The summed E-state index contributed by atoms with van der Waals surface area (Å²) in [7, 11) is 0.755. The average Bonchev–Trinajstić information content (AvgIpc) is 1.20. The maximum atomic E-state index is 2.50. The molecule has 0 atom stereocenters. The Labute approximate surface area is 55.3 Å². The first-order chi connectivity index (χ1) is 3.41. The van der Waals surface area contributed by atoms with Gasteiger partial charge >= 0.3 is 0 Å². The van der Waals surface area contributed by atoms with Gasteiger partial charge in [0.1, 0.15) is 0 Å². The lowest BCUT2D eigenvalue weighted by Crippen LogP contribution is -2.53.